The number of nitrogens with zero attached hydrogens (tertiary/aromatic N) is 3. The molecule has 0 aliphatic carbocycles. The summed E-state index contributed by atoms with van der Waals surface area (Å²) in [6.07, 6.45) is 6.32. The Morgan fingerprint density at radius 1 is 1.14 bits per heavy atom. The Morgan fingerprint density at radius 2 is 1.79 bits per heavy atom. The summed E-state index contributed by atoms with van der Waals surface area (Å²) in [4.78, 5) is 26.5. The van der Waals surface area contributed by atoms with Gasteiger partial charge >= 0.3 is 5.97 Å². The number of para-hydroxylation sites is 1. The fourth-order valence-electron chi connectivity index (χ4n) is 3.40. The van der Waals surface area contributed by atoms with E-state index in [1.807, 2.05) is 37.3 Å². The molecule has 0 bridgehead atoms. The van der Waals surface area contributed by atoms with Gasteiger partial charge in [0.25, 0.3) is 5.91 Å². The molecule has 0 spiro atoms. The SMILES string of the molecule is Cc1nn(-c2ccccc2)c(Cl)c1/C=C/C(=O)O[C@H](C)C(=O)N1CCCCCC1. The molecule has 7 heteroatoms. The van der Waals surface area contributed by atoms with E-state index in [-0.39, 0.29) is 5.91 Å². The Hall–Kier alpha value is -2.60. The number of rotatable bonds is 5. The Kier molecular flexibility index (Phi) is 7.09. The number of esters is 1. The molecule has 0 saturated carbocycles. The molecule has 0 unspecified atom stereocenters. The molecule has 2 aromatic rings. The molecule has 154 valence electrons. The van der Waals surface area contributed by atoms with Crippen LogP contribution in [0.2, 0.25) is 5.15 Å². The van der Waals surface area contributed by atoms with Crippen molar-refractivity contribution in [3.8, 4) is 5.69 Å². The Morgan fingerprint density at radius 3 is 2.45 bits per heavy atom. The largest absolute Gasteiger partial charge is 0.449 e. The minimum Gasteiger partial charge on any atom is -0.449 e. The highest BCUT2D eigenvalue weighted by Gasteiger charge is 2.24. The van der Waals surface area contributed by atoms with Crippen molar-refractivity contribution in [3.05, 3.63) is 52.8 Å². The summed E-state index contributed by atoms with van der Waals surface area (Å²) < 4.78 is 6.93. The van der Waals surface area contributed by atoms with Crippen LogP contribution in [0.3, 0.4) is 0 Å². The fourth-order valence-corrected chi connectivity index (χ4v) is 3.74. The molecule has 1 atom stereocenters. The molecule has 6 nitrogen and oxygen atoms in total. The van der Waals surface area contributed by atoms with Crippen LogP contribution in [0.4, 0.5) is 0 Å². The first-order chi connectivity index (χ1) is 14.0. The van der Waals surface area contributed by atoms with Crippen LogP contribution < -0.4 is 0 Å². The van der Waals surface area contributed by atoms with Gasteiger partial charge in [0.15, 0.2) is 6.10 Å². The topological polar surface area (TPSA) is 64.4 Å². The maximum atomic E-state index is 12.5. The lowest BCUT2D eigenvalue weighted by Gasteiger charge is -2.23. The van der Waals surface area contributed by atoms with Gasteiger partial charge in [0.05, 0.1) is 11.4 Å². The van der Waals surface area contributed by atoms with E-state index in [2.05, 4.69) is 5.10 Å². The van der Waals surface area contributed by atoms with Crippen molar-refractivity contribution in [3.63, 3.8) is 0 Å². The van der Waals surface area contributed by atoms with E-state index in [9.17, 15) is 9.59 Å². The summed E-state index contributed by atoms with van der Waals surface area (Å²) in [6, 6.07) is 9.52. The second kappa shape index (κ2) is 9.74. The molecule has 0 N–H and O–H groups in total. The van der Waals surface area contributed by atoms with Crippen LogP contribution in [-0.4, -0.2) is 45.8 Å². The van der Waals surface area contributed by atoms with E-state index in [1.54, 1.807) is 22.6 Å². The molecule has 1 saturated heterocycles. The van der Waals surface area contributed by atoms with Crippen LogP contribution in [0.5, 0.6) is 0 Å². The van der Waals surface area contributed by atoms with Gasteiger partial charge in [0.1, 0.15) is 5.15 Å². The van der Waals surface area contributed by atoms with Gasteiger partial charge in [0.2, 0.25) is 0 Å². The van der Waals surface area contributed by atoms with Gasteiger partial charge in [-0.15, -0.1) is 0 Å². The average molecular weight is 416 g/mol. The van der Waals surface area contributed by atoms with Crippen LogP contribution in [0, 0.1) is 6.92 Å². The minimum absolute atomic E-state index is 0.139. The van der Waals surface area contributed by atoms with E-state index < -0.39 is 12.1 Å². The van der Waals surface area contributed by atoms with Crippen molar-refractivity contribution in [1.29, 1.82) is 0 Å². The zero-order valence-electron chi connectivity index (χ0n) is 16.8. The number of aromatic nitrogens is 2. The van der Waals surface area contributed by atoms with E-state index >= 15 is 0 Å². The lowest BCUT2D eigenvalue weighted by atomic mass is 10.2. The standard InChI is InChI=1S/C22H26ClN3O3/c1-16-19(21(23)26(24-16)18-10-6-5-7-11-18)12-13-20(27)29-17(2)22(28)25-14-8-3-4-9-15-25/h5-7,10-13,17H,3-4,8-9,14-15H2,1-2H3/b13-12+/t17-/m1/s1. The van der Waals surface area contributed by atoms with Gasteiger partial charge in [0, 0.05) is 24.7 Å². The van der Waals surface area contributed by atoms with E-state index in [0.717, 1.165) is 44.5 Å². The zero-order valence-corrected chi connectivity index (χ0v) is 17.6. The van der Waals surface area contributed by atoms with Crippen LogP contribution in [0.1, 0.15) is 43.9 Å². The summed E-state index contributed by atoms with van der Waals surface area (Å²) in [6.45, 7) is 4.89. The van der Waals surface area contributed by atoms with Crippen molar-refractivity contribution in [2.45, 2.75) is 45.6 Å². The van der Waals surface area contributed by atoms with Crippen molar-refractivity contribution in [2.24, 2.45) is 0 Å². The third kappa shape index (κ3) is 5.26. The van der Waals surface area contributed by atoms with E-state index in [4.69, 9.17) is 16.3 Å². The van der Waals surface area contributed by atoms with Gasteiger partial charge in [-0.25, -0.2) is 9.48 Å². The molecule has 0 radical (unpaired) electrons. The molecular formula is C22H26ClN3O3. The average Bonchev–Trinajstić information content (AvgIpc) is 2.90. The number of carbonyl (C=O) groups excluding carboxylic acids is 2. The number of carbonyl (C=O) groups is 2. The summed E-state index contributed by atoms with van der Waals surface area (Å²) in [5.41, 5.74) is 2.16. The van der Waals surface area contributed by atoms with Crippen LogP contribution >= 0.6 is 11.6 Å². The molecule has 3 rings (SSSR count). The lowest BCUT2D eigenvalue weighted by molar-refractivity contribution is -0.155. The Labute approximate surface area is 176 Å². The smallest absolute Gasteiger partial charge is 0.331 e. The quantitative estimate of drug-likeness (QED) is 0.542. The first-order valence-electron chi connectivity index (χ1n) is 9.95. The summed E-state index contributed by atoms with van der Waals surface area (Å²) in [5.74, 6) is -0.719. The monoisotopic (exact) mass is 415 g/mol. The maximum Gasteiger partial charge on any atom is 0.331 e. The van der Waals surface area contributed by atoms with Crippen molar-refractivity contribution in [1.82, 2.24) is 14.7 Å². The zero-order chi connectivity index (χ0) is 20.8. The van der Waals surface area contributed by atoms with Gasteiger partial charge < -0.3 is 9.64 Å². The maximum absolute atomic E-state index is 12.5. The number of benzene rings is 1. The minimum atomic E-state index is -0.811. The number of aryl methyl sites for hydroxylation is 1. The molecule has 1 fully saturated rings. The van der Waals surface area contributed by atoms with Gasteiger partial charge in [-0.05, 0) is 44.9 Å². The molecular weight excluding hydrogens is 390 g/mol. The van der Waals surface area contributed by atoms with Gasteiger partial charge in [-0.1, -0.05) is 42.6 Å². The summed E-state index contributed by atoms with van der Waals surface area (Å²) in [5, 5.41) is 4.85. The third-order valence-electron chi connectivity index (χ3n) is 4.99. The number of hydrogen-bond donors (Lipinski definition) is 0. The molecule has 1 aromatic carbocycles. The number of halogens is 1. The summed E-state index contributed by atoms with van der Waals surface area (Å²) in [7, 11) is 0. The Balaban J connectivity index is 1.64. The number of likely N-dealkylation sites (tertiary alicyclic amines) is 1. The van der Waals surface area contributed by atoms with Crippen LogP contribution in [0.15, 0.2) is 36.4 Å². The second-order valence-electron chi connectivity index (χ2n) is 7.19. The third-order valence-corrected chi connectivity index (χ3v) is 5.36. The highest BCUT2D eigenvalue weighted by Crippen LogP contribution is 2.24. The van der Waals surface area contributed by atoms with Crippen molar-refractivity contribution >= 4 is 29.6 Å². The Bertz CT molecular complexity index is 884. The highest BCUT2D eigenvalue weighted by molar-refractivity contribution is 6.31. The molecule has 1 aromatic heterocycles. The molecule has 1 aliphatic rings. The molecule has 1 amide bonds. The predicted molar refractivity (Wildman–Crippen MR) is 113 cm³/mol. The molecule has 29 heavy (non-hydrogen) atoms. The summed E-state index contributed by atoms with van der Waals surface area (Å²) >= 11 is 6.46. The first-order valence-corrected chi connectivity index (χ1v) is 10.3. The van der Waals surface area contributed by atoms with Gasteiger partial charge in [-0.2, -0.15) is 5.10 Å². The fraction of sp³-hybridized carbons (Fsp3) is 0.409. The highest BCUT2D eigenvalue weighted by atomic mass is 35.5. The van der Waals surface area contributed by atoms with Crippen LogP contribution in [-0.2, 0) is 14.3 Å². The predicted octanol–water partition coefficient (Wildman–Crippen LogP) is 4.18. The van der Waals surface area contributed by atoms with E-state index in [1.165, 1.54) is 6.08 Å². The second-order valence-corrected chi connectivity index (χ2v) is 7.55. The first kappa shape index (κ1) is 21.1. The molecule has 2 heterocycles. The van der Waals surface area contributed by atoms with Crippen LogP contribution in [0.25, 0.3) is 11.8 Å². The van der Waals surface area contributed by atoms with Crippen molar-refractivity contribution in [2.75, 3.05) is 13.1 Å². The lowest BCUT2D eigenvalue weighted by Crippen LogP contribution is -2.40. The van der Waals surface area contributed by atoms with E-state index in [0.29, 0.717) is 16.4 Å². The number of amides is 1. The molecule has 1 aliphatic heterocycles. The van der Waals surface area contributed by atoms with Crippen molar-refractivity contribution < 1.29 is 14.3 Å². The number of hydrogen-bond acceptors (Lipinski definition) is 4. The normalized spacial score (nSPS) is 15.9. The van der Waals surface area contributed by atoms with Gasteiger partial charge in [-0.3, -0.25) is 4.79 Å². The number of ether oxygens (including phenoxy) is 1.